The zero-order chi connectivity index (χ0) is 21.0. The summed E-state index contributed by atoms with van der Waals surface area (Å²) >= 11 is 0. The number of aryl methyl sites for hydroxylation is 2. The number of guanidine groups is 1. The van der Waals surface area contributed by atoms with Gasteiger partial charge in [-0.1, -0.05) is 12.1 Å². The average Bonchev–Trinajstić information content (AvgIpc) is 3.45. The number of aliphatic imine (C=N–C) groups is 1. The minimum Gasteiger partial charge on any atom is -0.493 e. The standard InChI is InChI=1S/C22H34N6O2.HI/c1-3-23-22(24-9-4-5-10-28-16-26-27-17-28)25-13-20-7-6-18(2)12-21(20)30-15-19-8-11-29-14-19;/h6-7,12,16-17,19H,3-5,8-11,13-15H2,1-2H3,(H2,23,24,25);1H. The normalized spacial score (nSPS) is 16.1. The Morgan fingerprint density at radius 3 is 2.84 bits per heavy atom. The van der Waals surface area contributed by atoms with E-state index in [9.17, 15) is 0 Å². The largest absolute Gasteiger partial charge is 0.493 e. The molecule has 1 fully saturated rings. The van der Waals surface area contributed by atoms with E-state index in [2.05, 4.69) is 52.9 Å². The fourth-order valence-electron chi connectivity index (χ4n) is 3.32. The molecule has 0 radical (unpaired) electrons. The summed E-state index contributed by atoms with van der Waals surface area (Å²) in [7, 11) is 0. The molecular weight excluding hydrogens is 507 g/mol. The summed E-state index contributed by atoms with van der Waals surface area (Å²) in [6, 6.07) is 6.33. The maximum atomic E-state index is 6.14. The van der Waals surface area contributed by atoms with Gasteiger partial charge in [0.05, 0.1) is 19.8 Å². The Hall–Kier alpha value is -1.88. The van der Waals surface area contributed by atoms with Gasteiger partial charge in [-0.3, -0.25) is 0 Å². The van der Waals surface area contributed by atoms with Crippen LogP contribution in [0.2, 0.25) is 0 Å². The second-order valence-corrected chi connectivity index (χ2v) is 7.68. The van der Waals surface area contributed by atoms with Crippen molar-refractivity contribution in [3.8, 4) is 5.75 Å². The van der Waals surface area contributed by atoms with Gasteiger partial charge in [-0.15, -0.1) is 34.2 Å². The van der Waals surface area contributed by atoms with Crippen LogP contribution < -0.4 is 15.4 Å². The van der Waals surface area contributed by atoms with Crippen LogP contribution in [0, 0.1) is 12.8 Å². The van der Waals surface area contributed by atoms with Crippen LogP contribution >= 0.6 is 24.0 Å². The lowest BCUT2D eigenvalue weighted by Crippen LogP contribution is -2.37. The number of aromatic nitrogens is 3. The summed E-state index contributed by atoms with van der Waals surface area (Å²) < 4.78 is 13.6. The zero-order valence-corrected chi connectivity index (χ0v) is 20.9. The van der Waals surface area contributed by atoms with E-state index in [1.165, 1.54) is 5.56 Å². The first-order valence-electron chi connectivity index (χ1n) is 10.9. The van der Waals surface area contributed by atoms with Gasteiger partial charge in [0.2, 0.25) is 0 Å². The van der Waals surface area contributed by atoms with Crippen molar-refractivity contribution in [3.05, 3.63) is 42.0 Å². The highest BCUT2D eigenvalue weighted by Crippen LogP contribution is 2.23. The van der Waals surface area contributed by atoms with E-state index in [0.29, 0.717) is 19.1 Å². The van der Waals surface area contributed by atoms with E-state index in [4.69, 9.17) is 14.5 Å². The number of nitrogens with one attached hydrogen (secondary N) is 2. The van der Waals surface area contributed by atoms with Gasteiger partial charge in [-0.05, 0) is 44.7 Å². The Balaban J connectivity index is 0.00000341. The molecule has 1 aliphatic rings. The van der Waals surface area contributed by atoms with Gasteiger partial charge in [-0.25, -0.2) is 4.99 Å². The molecule has 2 heterocycles. The highest BCUT2D eigenvalue weighted by Gasteiger charge is 2.17. The molecule has 0 bridgehead atoms. The number of nitrogens with zero attached hydrogens (tertiary/aromatic N) is 4. The van der Waals surface area contributed by atoms with Crippen LogP contribution in [0.1, 0.15) is 37.3 Å². The van der Waals surface area contributed by atoms with Crippen molar-refractivity contribution in [2.45, 2.75) is 46.2 Å². The molecule has 1 unspecified atom stereocenters. The Morgan fingerprint density at radius 1 is 1.26 bits per heavy atom. The number of unbranched alkanes of at least 4 members (excludes halogenated alkanes) is 1. The molecule has 9 heteroatoms. The summed E-state index contributed by atoms with van der Waals surface area (Å²) in [4.78, 5) is 4.77. The van der Waals surface area contributed by atoms with E-state index in [0.717, 1.165) is 69.4 Å². The lowest BCUT2D eigenvalue weighted by Gasteiger charge is -2.15. The third kappa shape index (κ3) is 9.02. The maximum Gasteiger partial charge on any atom is 0.191 e. The highest BCUT2D eigenvalue weighted by atomic mass is 127. The molecule has 1 aromatic heterocycles. The molecule has 1 saturated heterocycles. The number of hydrogen-bond donors (Lipinski definition) is 2. The predicted octanol–water partition coefficient (Wildman–Crippen LogP) is 3.16. The second-order valence-electron chi connectivity index (χ2n) is 7.68. The van der Waals surface area contributed by atoms with Crippen molar-refractivity contribution in [2.75, 3.05) is 32.9 Å². The number of hydrogen-bond acceptors (Lipinski definition) is 5. The number of benzene rings is 1. The molecule has 0 saturated carbocycles. The molecular formula is C22H35IN6O2. The second kappa shape index (κ2) is 14.2. The first kappa shape index (κ1) is 25.4. The van der Waals surface area contributed by atoms with Crippen LogP contribution in [0.4, 0.5) is 0 Å². The van der Waals surface area contributed by atoms with Crippen LogP contribution in [-0.2, 0) is 17.8 Å². The van der Waals surface area contributed by atoms with Crippen molar-refractivity contribution in [2.24, 2.45) is 10.9 Å². The molecule has 2 aromatic rings. The average molecular weight is 542 g/mol. The first-order chi connectivity index (χ1) is 14.7. The number of rotatable bonds is 11. The molecule has 1 aromatic carbocycles. The summed E-state index contributed by atoms with van der Waals surface area (Å²) in [6.07, 6.45) is 6.68. The molecule has 0 spiro atoms. The van der Waals surface area contributed by atoms with E-state index in [-0.39, 0.29) is 24.0 Å². The smallest absolute Gasteiger partial charge is 0.191 e. The molecule has 0 amide bonds. The van der Waals surface area contributed by atoms with Gasteiger partial charge in [0.15, 0.2) is 5.96 Å². The third-order valence-electron chi connectivity index (χ3n) is 5.08. The van der Waals surface area contributed by atoms with E-state index >= 15 is 0 Å². The van der Waals surface area contributed by atoms with Gasteiger partial charge in [0, 0.05) is 37.7 Å². The molecule has 2 N–H and O–H groups in total. The maximum absolute atomic E-state index is 6.14. The van der Waals surface area contributed by atoms with Crippen molar-refractivity contribution in [1.82, 2.24) is 25.4 Å². The Labute approximate surface area is 202 Å². The quantitative estimate of drug-likeness (QED) is 0.197. The van der Waals surface area contributed by atoms with Gasteiger partial charge >= 0.3 is 0 Å². The molecule has 0 aliphatic carbocycles. The molecule has 172 valence electrons. The zero-order valence-electron chi connectivity index (χ0n) is 18.5. The fraction of sp³-hybridized carbons (Fsp3) is 0.591. The van der Waals surface area contributed by atoms with E-state index in [1.54, 1.807) is 12.7 Å². The van der Waals surface area contributed by atoms with Crippen molar-refractivity contribution >= 4 is 29.9 Å². The van der Waals surface area contributed by atoms with Crippen molar-refractivity contribution in [3.63, 3.8) is 0 Å². The summed E-state index contributed by atoms with van der Waals surface area (Å²) in [6.45, 7) is 9.70. The van der Waals surface area contributed by atoms with Crippen LogP contribution in [0.3, 0.4) is 0 Å². The van der Waals surface area contributed by atoms with E-state index < -0.39 is 0 Å². The third-order valence-corrected chi connectivity index (χ3v) is 5.08. The van der Waals surface area contributed by atoms with Crippen LogP contribution in [0.15, 0.2) is 35.8 Å². The molecule has 31 heavy (non-hydrogen) atoms. The van der Waals surface area contributed by atoms with Crippen molar-refractivity contribution < 1.29 is 9.47 Å². The Morgan fingerprint density at radius 2 is 2.10 bits per heavy atom. The van der Waals surface area contributed by atoms with Gasteiger partial charge in [0.25, 0.3) is 0 Å². The monoisotopic (exact) mass is 542 g/mol. The lowest BCUT2D eigenvalue weighted by molar-refractivity contribution is 0.166. The van der Waals surface area contributed by atoms with Crippen LogP contribution in [-0.4, -0.2) is 53.6 Å². The SMILES string of the molecule is CCNC(=NCc1ccc(C)cc1OCC1CCOC1)NCCCCn1cnnc1.I. The van der Waals surface area contributed by atoms with Crippen molar-refractivity contribution in [1.29, 1.82) is 0 Å². The summed E-state index contributed by atoms with van der Waals surface area (Å²) in [5.74, 6) is 2.24. The molecule has 8 nitrogen and oxygen atoms in total. The van der Waals surface area contributed by atoms with Gasteiger partial charge in [-0.2, -0.15) is 0 Å². The summed E-state index contributed by atoms with van der Waals surface area (Å²) in [5.41, 5.74) is 2.29. The first-order valence-corrected chi connectivity index (χ1v) is 10.9. The molecule has 1 atom stereocenters. The fourth-order valence-corrected chi connectivity index (χ4v) is 3.32. The minimum atomic E-state index is 0. The minimum absolute atomic E-state index is 0. The lowest BCUT2D eigenvalue weighted by atomic mass is 10.1. The summed E-state index contributed by atoms with van der Waals surface area (Å²) in [5, 5.41) is 14.4. The highest BCUT2D eigenvalue weighted by molar-refractivity contribution is 14.0. The Bertz CT molecular complexity index is 778. The number of halogens is 1. The van der Waals surface area contributed by atoms with Gasteiger partial charge in [0.1, 0.15) is 18.4 Å². The van der Waals surface area contributed by atoms with Crippen LogP contribution in [0.5, 0.6) is 5.75 Å². The number of ether oxygens (including phenoxy) is 2. The Kier molecular flexibility index (Phi) is 11.7. The van der Waals surface area contributed by atoms with E-state index in [1.807, 2.05) is 4.57 Å². The van der Waals surface area contributed by atoms with Gasteiger partial charge < -0.3 is 24.7 Å². The topological polar surface area (TPSA) is 85.6 Å². The molecule has 1 aliphatic heterocycles. The van der Waals surface area contributed by atoms with Crippen LogP contribution in [0.25, 0.3) is 0 Å². The molecule has 3 rings (SSSR count). The predicted molar refractivity (Wildman–Crippen MR) is 133 cm³/mol.